The van der Waals surface area contributed by atoms with Crippen molar-refractivity contribution in [3.63, 3.8) is 0 Å². The number of likely N-dealkylation sites (N-methyl/N-ethyl adjacent to an activating group) is 1. The third kappa shape index (κ3) is 5.45. The normalized spacial score (nSPS) is 23.4. The first-order valence-corrected chi connectivity index (χ1v) is 11.2. The smallest absolute Gasteiger partial charge is 0.105 e. The third-order valence-corrected chi connectivity index (χ3v) is 7.30. The van der Waals surface area contributed by atoms with Crippen molar-refractivity contribution < 1.29 is 39.8 Å². The summed E-state index contributed by atoms with van der Waals surface area (Å²) in [5.74, 6) is 0.506. The molecule has 1 fully saturated rings. The van der Waals surface area contributed by atoms with E-state index in [-0.39, 0.29) is 30.4 Å². The van der Waals surface area contributed by atoms with Gasteiger partial charge in [0, 0.05) is 25.2 Å². The van der Waals surface area contributed by atoms with E-state index in [0.29, 0.717) is 16.0 Å². The van der Waals surface area contributed by atoms with Crippen molar-refractivity contribution in [3.05, 3.63) is 69.2 Å². The van der Waals surface area contributed by atoms with Gasteiger partial charge in [-0.05, 0) is 28.8 Å². The van der Waals surface area contributed by atoms with Gasteiger partial charge >= 0.3 is 0 Å². The van der Waals surface area contributed by atoms with Crippen LogP contribution in [0.15, 0.2) is 42.5 Å². The number of nitrogens with one attached hydrogen (secondary N) is 1. The molecule has 3 nitrogen and oxygen atoms in total. The van der Waals surface area contributed by atoms with Crippen molar-refractivity contribution in [1.82, 2.24) is 0 Å². The van der Waals surface area contributed by atoms with Crippen LogP contribution in [0.4, 0.5) is 0 Å². The van der Waals surface area contributed by atoms with Crippen LogP contribution in [0.1, 0.15) is 41.9 Å². The van der Waals surface area contributed by atoms with Gasteiger partial charge in [-0.1, -0.05) is 53.5 Å². The van der Waals surface area contributed by atoms with Gasteiger partial charge in [-0.3, -0.25) is 0 Å². The average Bonchev–Trinajstić information content (AvgIpc) is 3.07. The number of piperidine rings is 1. The first kappa shape index (κ1) is 25.7. The Morgan fingerprint density at radius 2 is 1.80 bits per heavy atom. The van der Waals surface area contributed by atoms with Crippen LogP contribution in [0.2, 0.25) is 10.0 Å². The van der Waals surface area contributed by atoms with Crippen molar-refractivity contribution in [1.29, 1.82) is 0 Å². The van der Waals surface area contributed by atoms with Gasteiger partial charge in [0.2, 0.25) is 0 Å². The summed E-state index contributed by atoms with van der Waals surface area (Å²) < 4.78 is 6.31. The number of likely N-dealkylation sites (tertiary alicyclic amines) is 1. The second-order valence-electron chi connectivity index (χ2n) is 8.24. The molecule has 7 heteroatoms. The lowest BCUT2D eigenvalue weighted by atomic mass is 9.83. The highest BCUT2D eigenvalue weighted by Crippen LogP contribution is 2.42. The Bertz CT molecular complexity index is 825. The molecule has 3 N–H and O–H groups in total. The first-order chi connectivity index (χ1) is 13.6. The SMILES string of the molecule is C[NH2+]CC(CC[NH+]1CCC2(CC1)OCc1ccccc12)c1ccc(Cl)c(Cl)c1.[Cl-].[Cl-]. The van der Waals surface area contributed by atoms with Crippen LogP contribution >= 0.6 is 23.2 Å². The van der Waals surface area contributed by atoms with E-state index in [0.717, 1.165) is 26.0 Å². The van der Waals surface area contributed by atoms with E-state index in [9.17, 15) is 0 Å². The summed E-state index contributed by atoms with van der Waals surface area (Å²) in [4.78, 5) is 1.69. The van der Waals surface area contributed by atoms with Gasteiger partial charge < -0.3 is 39.8 Å². The van der Waals surface area contributed by atoms with E-state index in [2.05, 4.69) is 42.7 Å². The Kier molecular flexibility index (Phi) is 9.76. The van der Waals surface area contributed by atoms with Gasteiger partial charge in [-0.15, -0.1) is 0 Å². The van der Waals surface area contributed by atoms with Gasteiger partial charge in [0.05, 0.1) is 49.9 Å². The number of quaternary nitrogens is 2. The molecule has 2 heterocycles. The van der Waals surface area contributed by atoms with Crippen LogP contribution in [-0.2, 0) is 16.9 Å². The molecule has 2 aliphatic heterocycles. The average molecular weight is 492 g/mol. The second kappa shape index (κ2) is 11.4. The molecular formula is C23H30Cl4N2O. The number of nitrogens with two attached hydrogens (primary N) is 1. The molecular weight excluding hydrogens is 462 g/mol. The van der Waals surface area contributed by atoms with E-state index < -0.39 is 0 Å². The van der Waals surface area contributed by atoms with Crippen LogP contribution in [0.3, 0.4) is 0 Å². The molecule has 1 saturated heterocycles. The molecule has 0 bridgehead atoms. The standard InChI is InChI=1S/C23H28Cl2N2O.2ClH/c1-26-15-18(17-6-7-21(24)22(25)14-17)8-11-27-12-9-23(10-13-27)20-5-3-2-4-19(20)16-28-23;;/h2-7,14,18,26H,8-13,15-16H2,1H3;2*1H. The Hall–Kier alpha value is -0.520. The van der Waals surface area contributed by atoms with Crippen molar-refractivity contribution in [2.24, 2.45) is 0 Å². The molecule has 0 aromatic heterocycles. The number of rotatable bonds is 6. The minimum Gasteiger partial charge on any atom is -1.00 e. The third-order valence-electron chi connectivity index (χ3n) is 6.56. The molecule has 1 unspecified atom stereocenters. The van der Waals surface area contributed by atoms with E-state index >= 15 is 0 Å². The van der Waals surface area contributed by atoms with Crippen LogP contribution in [0, 0.1) is 0 Å². The second-order valence-corrected chi connectivity index (χ2v) is 9.06. The molecule has 2 aliphatic rings. The fourth-order valence-electron chi connectivity index (χ4n) is 4.91. The number of fused-ring (bicyclic) bond motifs is 2. The highest BCUT2D eigenvalue weighted by molar-refractivity contribution is 6.42. The predicted octanol–water partition coefficient (Wildman–Crippen LogP) is -3.23. The Morgan fingerprint density at radius 1 is 1.07 bits per heavy atom. The van der Waals surface area contributed by atoms with E-state index in [4.69, 9.17) is 27.9 Å². The molecule has 1 spiro atoms. The summed E-state index contributed by atoms with van der Waals surface area (Å²) in [6, 6.07) is 14.9. The van der Waals surface area contributed by atoms with Gasteiger partial charge in [0.25, 0.3) is 0 Å². The Labute approximate surface area is 202 Å². The number of hydrogen-bond acceptors (Lipinski definition) is 1. The summed E-state index contributed by atoms with van der Waals surface area (Å²) in [7, 11) is 2.14. The molecule has 166 valence electrons. The first-order valence-electron chi connectivity index (χ1n) is 10.4. The topological polar surface area (TPSA) is 30.3 Å². The maximum atomic E-state index is 6.31. The van der Waals surface area contributed by atoms with Gasteiger partial charge in [-0.25, -0.2) is 0 Å². The van der Waals surface area contributed by atoms with Crippen LogP contribution in [-0.4, -0.2) is 33.2 Å². The zero-order valence-corrected chi connectivity index (χ0v) is 20.3. The minimum absolute atomic E-state index is 0. The molecule has 0 amide bonds. The predicted molar refractivity (Wildman–Crippen MR) is 114 cm³/mol. The monoisotopic (exact) mass is 490 g/mol. The van der Waals surface area contributed by atoms with Crippen molar-refractivity contribution in [3.8, 4) is 0 Å². The lowest BCUT2D eigenvalue weighted by molar-refractivity contribution is -0.908. The lowest BCUT2D eigenvalue weighted by Crippen LogP contribution is -3.13. The number of hydrogen-bond donors (Lipinski definition) is 2. The van der Waals surface area contributed by atoms with Crippen LogP contribution < -0.4 is 35.0 Å². The highest BCUT2D eigenvalue weighted by Gasteiger charge is 2.44. The van der Waals surface area contributed by atoms with Crippen LogP contribution in [0.5, 0.6) is 0 Å². The summed E-state index contributed by atoms with van der Waals surface area (Å²) >= 11 is 12.4. The zero-order chi connectivity index (χ0) is 19.6. The molecule has 0 saturated carbocycles. The summed E-state index contributed by atoms with van der Waals surface area (Å²) in [5.41, 5.74) is 4.08. The summed E-state index contributed by atoms with van der Waals surface area (Å²) in [6.45, 7) is 5.40. The Balaban J connectivity index is 0.00000160. The van der Waals surface area contributed by atoms with Crippen molar-refractivity contribution in [2.45, 2.75) is 37.4 Å². The summed E-state index contributed by atoms with van der Waals surface area (Å²) in [6.07, 6.45) is 3.41. The molecule has 4 rings (SSSR count). The number of benzene rings is 2. The van der Waals surface area contributed by atoms with Gasteiger partial charge in [0.15, 0.2) is 0 Å². The largest absolute Gasteiger partial charge is 1.00 e. The molecule has 0 aliphatic carbocycles. The zero-order valence-electron chi connectivity index (χ0n) is 17.3. The fraction of sp³-hybridized carbons (Fsp3) is 0.478. The molecule has 0 radical (unpaired) electrons. The number of halogens is 4. The van der Waals surface area contributed by atoms with Crippen LogP contribution in [0.25, 0.3) is 0 Å². The van der Waals surface area contributed by atoms with E-state index in [1.54, 1.807) is 4.90 Å². The van der Waals surface area contributed by atoms with Crippen molar-refractivity contribution in [2.75, 3.05) is 33.2 Å². The van der Waals surface area contributed by atoms with E-state index in [1.165, 1.54) is 42.7 Å². The summed E-state index contributed by atoms with van der Waals surface area (Å²) in [5, 5.41) is 3.55. The highest BCUT2D eigenvalue weighted by atomic mass is 35.5. The number of ether oxygens (including phenoxy) is 1. The minimum atomic E-state index is -0.0274. The van der Waals surface area contributed by atoms with Crippen molar-refractivity contribution >= 4 is 23.2 Å². The quantitative estimate of drug-likeness (QED) is 0.437. The molecule has 1 atom stereocenters. The lowest BCUT2D eigenvalue weighted by Gasteiger charge is -2.37. The molecule has 30 heavy (non-hydrogen) atoms. The van der Waals surface area contributed by atoms with E-state index in [1.807, 2.05) is 12.1 Å². The van der Waals surface area contributed by atoms with Gasteiger partial charge in [0.1, 0.15) is 5.60 Å². The van der Waals surface area contributed by atoms with Gasteiger partial charge in [-0.2, -0.15) is 0 Å². The molecule has 2 aromatic rings. The maximum absolute atomic E-state index is 6.31. The molecule has 2 aromatic carbocycles. The Morgan fingerprint density at radius 3 is 2.50 bits per heavy atom. The fourth-order valence-corrected chi connectivity index (χ4v) is 5.21. The maximum Gasteiger partial charge on any atom is 0.105 e.